The molecule has 0 bridgehead atoms. The van der Waals surface area contributed by atoms with Crippen LogP contribution in [0.1, 0.15) is 36.1 Å². The first-order chi connectivity index (χ1) is 15.1. The molecule has 1 aliphatic heterocycles. The third kappa shape index (κ3) is 4.97. The van der Waals surface area contributed by atoms with Gasteiger partial charge in [-0.25, -0.2) is 4.31 Å². The SMILES string of the molecule is CC1CN(Cc2ccc(C(F)(F)F)cc2)CC(C)N1Sc1cccc2c1CC(C(=O)O)C2. The Kier molecular flexibility index (Phi) is 6.56. The van der Waals surface area contributed by atoms with Gasteiger partial charge in [0.2, 0.25) is 0 Å². The van der Waals surface area contributed by atoms with Gasteiger partial charge in [-0.3, -0.25) is 9.69 Å². The Morgan fingerprint density at radius 2 is 1.72 bits per heavy atom. The highest BCUT2D eigenvalue weighted by Crippen LogP contribution is 2.38. The van der Waals surface area contributed by atoms with E-state index in [1.54, 1.807) is 24.1 Å². The number of rotatable bonds is 5. The lowest BCUT2D eigenvalue weighted by Crippen LogP contribution is -2.53. The van der Waals surface area contributed by atoms with Gasteiger partial charge >= 0.3 is 12.1 Å². The monoisotopic (exact) mass is 464 g/mol. The second kappa shape index (κ2) is 9.08. The van der Waals surface area contributed by atoms with E-state index in [1.165, 1.54) is 0 Å². The third-order valence-corrected chi connectivity index (χ3v) is 7.81. The average Bonchev–Trinajstić information content (AvgIpc) is 3.16. The zero-order valence-electron chi connectivity index (χ0n) is 18.1. The van der Waals surface area contributed by atoms with Crippen molar-refractivity contribution >= 4 is 17.9 Å². The summed E-state index contributed by atoms with van der Waals surface area (Å²) in [6, 6.07) is 12.0. The van der Waals surface area contributed by atoms with Gasteiger partial charge in [0.05, 0.1) is 11.5 Å². The molecule has 1 N–H and O–H groups in total. The number of carboxylic acid groups (broad SMARTS) is 1. The van der Waals surface area contributed by atoms with E-state index in [1.807, 2.05) is 12.1 Å². The van der Waals surface area contributed by atoms with Crippen molar-refractivity contribution in [3.8, 4) is 0 Å². The van der Waals surface area contributed by atoms with Crippen molar-refractivity contribution in [2.24, 2.45) is 5.92 Å². The molecule has 3 atom stereocenters. The topological polar surface area (TPSA) is 43.8 Å². The van der Waals surface area contributed by atoms with Gasteiger partial charge in [0.15, 0.2) is 0 Å². The molecule has 2 aromatic carbocycles. The highest BCUT2D eigenvalue weighted by Gasteiger charge is 2.34. The van der Waals surface area contributed by atoms with Crippen LogP contribution in [0.2, 0.25) is 0 Å². The van der Waals surface area contributed by atoms with Gasteiger partial charge in [-0.15, -0.1) is 0 Å². The molecule has 3 unspecified atom stereocenters. The minimum atomic E-state index is -4.31. The smallest absolute Gasteiger partial charge is 0.416 e. The van der Waals surface area contributed by atoms with Crippen LogP contribution in [0.3, 0.4) is 0 Å². The lowest BCUT2D eigenvalue weighted by molar-refractivity contribution is -0.141. The van der Waals surface area contributed by atoms with Gasteiger partial charge in [-0.1, -0.05) is 24.3 Å². The zero-order chi connectivity index (χ0) is 23.0. The summed E-state index contributed by atoms with van der Waals surface area (Å²) in [5.41, 5.74) is 2.53. The van der Waals surface area contributed by atoms with Crippen molar-refractivity contribution in [3.63, 3.8) is 0 Å². The Morgan fingerprint density at radius 1 is 1.06 bits per heavy atom. The van der Waals surface area contributed by atoms with Crippen LogP contribution in [0.4, 0.5) is 13.2 Å². The van der Waals surface area contributed by atoms with Crippen LogP contribution in [0.15, 0.2) is 47.4 Å². The second-order valence-electron chi connectivity index (χ2n) is 8.88. The molecule has 4 rings (SSSR count). The molecule has 172 valence electrons. The van der Waals surface area contributed by atoms with E-state index in [4.69, 9.17) is 0 Å². The summed E-state index contributed by atoms with van der Waals surface area (Å²) in [6.45, 7) is 6.56. The lowest BCUT2D eigenvalue weighted by atomic mass is 10.1. The van der Waals surface area contributed by atoms with E-state index < -0.39 is 17.7 Å². The maximum absolute atomic E-state index is 12.8. The fraction of sp³-hybridized carbons (Fsp3) is 0.458. The number of aliphatic carboxylic acids is 1. The molecule has 0 saturated carbocycles. The minimum Gasteiger partial charge on any atom is -0.481 e. The normalized spacial score (nSPS) is 24.5. The standard InChI is InChI=1S/C24H27F3N2O2S/c1-15-12-28(14-17-6-8-20(9-7-17)24(25,26)27)13-16(2)29(15)32-22-5-3-4-18-10-19(23(30)31)11-21(18)22/h3-9,15-16,19H,10-14H2,1-2H3,(H,30,31). The molecule has 1 heterocycles. The van der Waals surface area contributed by atoms with Crippen LogP contribution in [-0.4, -0.2) is 45.5 Å². The van der Waals surface area contributed by atoms with E-state index in [2.05, 4.69) is 29.1 Å². The van der Waals surface area contributed by atoms with Crippen LogP contribution in [0.25, 0.3) is 0 Å². The van der Waals surface area contributed by atoms with Gasteiger partial charge in [0.1, 0.15) is 0 Å². The zero-order valence-corrected chi connectivity index (χ0v) is 18.9. The van der Waals surface area contributed by atoms with Crippen LogP contribution in [-0.2, 0) is 30.4 Å². The van der Waals surface area contributed by atoms with Gasteiger partial charge in [-0.05, 0) is 73.5 Å². The fourth-order valence-corrected chi connectivity index (χ4v) is 5.96. The lowest BCUT2D eigenvalue weighted by Gasteiger charge is -2.43. The number of hydrogen-bond donors (Lipinski definition) is 1. The molecular formula is C24H27F3N2O2S. The summed E-state index contributed by atoms with van der Waals surface area (Å²) >= 11 is 1.70. The molecule has 0 aromatic heterocycles. The summed E-state index contributed by atoms with van der Waals surface area (Å²) in [5, 5.41) is 9.41. The highest BCUT2D eigenvalue weighted by molar-refractivity contribution is 7.97. The second-order valence-corrected chi connectivity index (χ2v) is 9.92. The van der Waals surface area contributed by atoms with E-state index in [0.29, 0.717) is 19.4 Å². The van der Waals surface area contributed by atoms with Crippen LogP contribution in [0, 0.1) is 5.92 Å². The van der Waals surface area contributed by atoms with Crippen LogP contribution >= 0.6 is 11.9 Å². The molecule has 1 saturated heterocycles. The summed E-state index contributed by atoms with van der Waals surface area (Å²) in [6.07, 6.45) is -3.15. The Labute approximate surface area is 190 Å². The quantitative estimate of drug-likeness (QED) is 0.624. The van der Waals surface area contributed by atoms with Gasteiger partial charge in [0.25, 0.3) is 0 Å². The maximum Gasteiger partial charge on any atom is 0.416 e. The van der Waals surface area contributed by atoms with E-state index >= 15 is 0 Å². The number of carbonyl (C=O) groups is 1. The van der Waals surface area contributed by atoms with Crippen molar-refractivity contribution in [1.29, 1.82) is 0 Å². The van der Waals surface area contributed by atoms with Crippen LogP contribution in [0.5, 0.6) is 0 Å². The average molecular weight is 465 g/mol. The first-order valence-corrected chi connectivity index (χ1v) is 11.6. The maximum atomic E-state index is 12.8. The number of carboxylic acids is 1. The third-order valence-electron chi connectivity index (χ3n) is 6.30. The van der Waals surface area contributed by atoms with Crippen molar-refractivity contribution in [2.45, 2.75) is 56.4 Å². The summed E-state index contributed by atoms with van der Waals surface area (Å²) in [7, 11) is 0. The Bertz CT molecular complexity index is 968. The number of nitrogens with zero attached hydrogens (tertiary/aromatic N) is 2. The first kappa shape index (κ1) is 23.1. The van der Waals surface area contributed by atoms with E-state index in [-0.39, 0.29) is 18.0 Å². The van der Waals surface area contributed by atoms with Gasteiger partial charge in [0, 0.05) is 36.6 Å². The first-order valence-electron chi connectivity index (χ1n) is 10.8. The van der Waals surface area contributed by atoms with Crippen molar-refractivity contribution < 1.29 is 23.1 Å². The van der Waals surface area contributed by atoms with Gasteiger partial charge < -0.3 is 5.11 Å². The Hall–Kier alpha value is -2.03. The molecule has 1 aliphatic carbocycles. The molecule has 0 spiro atoms. The number of benzene rings is 2. The highest BCUT2D eigenvalue weighted by atomic mass is 32.2. The van der Waals surface area contributed by atoms with Crippen LogP contribution < -0.4 is 0 Å². The predicted molar refractivity (Wildman–Crippen MR) is 118 cm³/mol. The van der Waals surface area contributed by atoms with Crippen molar-refractivity contribution in [3.05, 3.63) is 64.7 Å². The number of fused-ring (bicyclic) bond motifs is 1. The molecule has 4 nitrogen and oxygen atoms in total. The van der Waals surface area contributed by atoms with E-state index in [0.717, 1.165) is 46.8 Å². The summed E-state index contributed by atoms with van der Waals surface area (Å²) in [4.78, 5) is 14.9. The number of halogens is 3. The largest absolute Gasteiger partial charge is 0.481 e. The predicted octanol–water partition coefficient (Wildman–Crippen LogP) is 5.11. The fourth-order valence-electron chi connectivity index (χ4n) is 4.78. The summed E-state index contributed by atoms with van der Waals surface area (Å²) in [5.74, 6) is -1.09. The molecule has 2 aromatic rings. The molecule has 1 fully saturated rings. The molecule has 32 heavy (non-hydrogen) atoms. The van der Waals surface area contributed by atoms with Crippen molar-refractivity contribution in [1.82, 2.24) is 9.21 Å². The van der Waals surface area contributed by atoms with Crippen molar-refractivity contribution in [2.75, 3.05) is 13.1 Å². The molecule has 2 aliphatic rings. The summed E-state index contributed by atoms with van der Waals surface area (Å²) < 4.78 is 40.8. The number of alkyl halides is 3. The minimum absolute atomic E-state index is 0.241. The van der Waals surface area contributed by atoms with Gasteiger partial charge in [-0.2, -0.15) is 13.2 Å². The Morgan fingerprint density at radius 3 is 2.31 bits per heavy atom. The molecule has 0 amide bonds. The molecular weight excluding hydrogens is 437 g/mol. The van der Waals surface area contributed by atoms with E-state index in [9.17, 15) is 23.1 Å². The molecule has 8 heteroatoms. The Balaban J connectivity index is 1.40. The number of piperazine rings is 1. The molecule has 0 radical (unpaired) electrons. The number of hydrogen-bond acceptors (Lipinski definition) is 4.